The molecule has 140 valence electrons. The van der Waals surface area contributed by atoms with Crippen LogP contribution in [0.15, 0.2) is 47.6 Å². The third-order valence-corrected chi connectivity index (χ3v) is 4.58. The summed E-state index contributed by atoms with van der Waals surface area (Å²) in [6.45, 7) is 2.39. The van der Waals surface area contributed by atoms with Crippen LogP contribution in [0.4, 0.5) is 10.1 Å². The molecular formula is C17H15ClFN5O2S. The molecule has 2 aromatic carbocycles. The van der Waals surface area contributed by atoms with Crippen LogP contribution in [0.2, 0.25) is 5.02 Å². The highest BCUT2D eigenvalue weighted by atomic mass is 35.5. The van der Waals surface area contributed by atoms with Crippen molar-refractivity contribution in [1.29, 1.82) is 0 Å². The van der Waals surface area contributed by atoms with Crippen LogP contribution in [0.5, 0.6) is 5.75 Å². The van der Waals surface area contributed by atoms with Crippen LogP contribution in [0, 0.1) is 5.82 Å². The number of carbonyl (C=O) groups is 1. The number of hydrogen-bond acceptors (Lipinski definition) is 6. The van der Waals surface area contributed by atoms with Crippen LogP contribution in [-0.2, 0) is 4.79 Å². The van der Waals surface area contributed by atoms with Gasteiger partial charge in [-0.15, -0.1) is 5.10 Å². The Morgan fingerprint density at radius 2 is 2.15 bits per heavy atom. The number of thioether (sulfide) groups is 1. The number of para-hydroxylation sites is 2. The zero-order valence-corrected chi connectivity index (χ0v) is 15.8. The average molecular weight is 408 g/mol. The molecule has 10 heteroatoms. The molecule has 0 spiro atoms. The Labute approximate surface area is 163 Å². The van der Waals surface area contributed by atoms with E-state index in [2.05, 4.69) is 20.8 Å². The largest absolute Gasteiger partial charge is 0.492 e. The highest BCUT2D eigenvalue weighted by Crippen LogP contribution is 2.26. The van der Waals surface area contributed by atoms with Crippen molar-refractivity contribution in [3.8, 4) is 11.4 Å². The Bertz CT molecular complexity index is 953. The van der Waals surface area contributed by atoms with Crippen LogP contribution in [0.25, 0.3) is 5.69 Å². The number of carbonyl (C=O) groups excluding carboxylic acids is 1. The first-order valence-electron chi connectivity index (χ1n) is 7.96. The molecule has 27 heavy (non-hydrogen) atoms. The smallest absolute Gasteiger partial charge is 0.234 e. The van der Waals surface area contributed by atoms with E-state index in [9.17, 15) is 9.18 Å². The Morgan fingerprint density at radius 1 is 1.33 bits per heavy atom. The molecule has 1 heterocycles. The lowest BCUT2D eigenvalue weighted by atomic mass is 10.3. The van der Waals surface area contributed by atoms with Gasteiger partial charge in [-0.3, -0.25) is 4.79 Å². The summed E-state index contributed by atoms with van der Waals surface area (Å²) in [6.07, 6.45) is 0. The predicted molar refractivity (Wildman–Crippen MR) is 101 cm³/mol. The quantitative estimate of drug-likeness (QED) is 0.603. The number of halogens is 2. The molecule has 1 aromatic heterocycles. The Hall–Kier alpha value is -2.65. The zero-order chi connectivity index (χ0) is 19.2. The maximum atomic E-state index is 13.2. The first-order valence-corrected chi connectivity index (χ1v) is 9.33. The lowest BCUT2D eigenvalue weighted by molar-refractivity contribution is -0.113. The molecule has 0 unspecified atom stereocenters. The molecule has 0 fully saturated rings. The van der Waals surface area contributed by atoms with Crippen LogP contribution in [0.3, 0.4) is 0 Å². The maximum absolute atomic E-state index is 13.2. The minimum atomic E-state index is -0.545. The Balaban J connectivity index is 1.68. The Morgan fingerprint density at radius 3 is 2.93 bits per heavy atom. The number of nitrogens with one attached hydrogen (secondary N) is 1. The van der Waals surface area contributed by atoms with Gasteiger partial charge >= 0.3 is 0 Å². The number of nitrogens with zero attached hydrogens (tertiary/aromatic N) is 4. The van der Waals surface area contributed by atoms with E-state index in [4.69, 9.17) is 16.3 Å². The lowest BCUT2D eigenvalue weighted by Crippen LogP contribution is -2.14. The van der Waals surface area contributed by atoms with Gasteiger partial charge in [0.15, 0.2) is 0 Å². The molecule has 0 bridgehead atoms. The van der Waals surface area contributed by atoms with Crippen molar-refractivity contribution in [1.82, 2.24) is 20.2 Å². The van der Waals surface area contributed by atoms with Crippen LogP contribution >= 0.6 is 23.4 Å². The van der Waals surface area contributed by atoms with E-state index >= 15 is 0 Å². The van der Waals surface area contributed by atoms with Gasteiger partial charge in [-0.2, -0.15) is 4.68 Å². The van der Waals surface area contributed by atoms with E-state index in [0.717, 1.165) is 11.8 Å². The molecule has 3 aromatic rings. The fourth-order valence-corrected chi connectivity index (χ4v) is 3.10. The van der Waals surface area contributed by atoms with E-state index < -0.39 is 5.82 Å². The number of anilines is 1. The standard InChI is InChI=1S/C17H15ClFN5O2S/c1-2-26-15-6-4-3-5-14(15)24-17(21-22-23-24)27-10-16(25)20-11-7-8-13(19)12(18)9-11/h3-9H,2,10H2,1H3,(H,20,25). The fourth-order valence-electron chi connectivity index (χ4n) is 2.23. The van der Waals surface area contributed by atoms with Crippen molar-refractivity contribution in [2.24, 2.45) is 0 Å². The van der Waals surface area contributed by atoms with Crippen molar-refractivity contribution in [2.45, 2.75) is 12.1 Å². The molecule has 0 aliphatic heterocycles. The van der Waals surface area contributed by atoms with Crippen molar-refractivity contribution < 1.29 is 13.9 Å². The van der Waals surface area contributed by atoms with Crippen molar-refractivity contribution >= 4 is 35.0 Å². The first-order chi connectivity index (χ1) is 13.1. The monoisotopic (exact) mass is 407 g/mol. The molecule has 0 radical (unpaired) electrons. The number of aromatic nitrogens is 4. The highest BCUT2D eigenvalue weighted by Gasteiger charge is 2.15. The summed E-state index contributed by atoms with van der Waals surface area (Å²) in [5.74, 6) is -0.141. The summed E-state index contributed by atoms with van der Waals surface area (Å²) in [5, 5.41) is 14.6. The lowest BCUT2D eigenvalue weighted by Gasteiger charge is -2.10. The van der Waals surface area contributed by atoms with Gasteiger partial charge in [0.05, 0.1) is 17.4 Å². The van der Waals surface area contributed by atoms with E-state index in [1.54, 1.807) is 0 Å². The molecule has 1 N–H and O–H groups in total. The zero-order valence-electron chi connectivity index (χ0n) is 14.2. The van der Waals surface area contributed by atoms with Gasteiger partial charge in [0.25, 0.3) is 0 Å². The summed E-state index contributed by atoms with van der Waals surface area (Å²) < 4.78 is 20.3. The summed E-state index contributed by atoms with van der Waals surface area (Å²) in [5.41, 5.74) is 1.09. The van der Waals surface area contributed by atoms with E-state index in [1.165, 1.54) is 22.9 Å². The van der Waals surface area contributed by atoms with Gasteiger partial charge in [0, 0.05) is 5.69 Å². The summed E-state index contributed by atoms with van der Waals surface area (Å²) >= 11 is 6.87. The molecular weight excluding hydrogens is 393 g/mol. The minimum Gasteiger partial charge on any atom is -0.492 e. The van der Waals surface area contributed by atoms with Crippen LogP contribution < -0.4 is 10.1 Å². The maximum Gasteiger partial charge on any atom is 0.234 e. The van der Waals surface area contributed by atoms with Gasteiger partial charge in [-0.1, -0.05) is 35.5 Å². The van der Waals surface area contributed by atoms with Crippen molar-refractivity contribution in [3.05, 3.63) is 53.3 Å². The molecule has 0 atom stereocenters. The highest BCUT2D eigenvalue weighted by molar-refractivity contribution is 7.99. The second-order valence-corrected chi connectivity index (χ2v) is 6.59. The summed E-state index contributed by atoms with van der Waals surface area (Å²) in [4.78, 5) is 12.1. The number of rotatable bonds is 7. The van der Waals surface area contributed by atoms with Gasteiger partial charge < -0.3 is 10.1 Å². The number of hydrogen-bond donors (Lipinski definition) is 1. The van der Waals surface area contributed by atoms with E-state index in [-0.39, 0.29) is 16.7 Å². The topological polar surface area (TPSA) is 81.9 Å². The summed E-state index contributed by atoms with van der Waals surface area (Å²) in [6, 6.07) is 11.3. The van der Waals surface area contributed by atoms with E-state index in [0.29, 0.717) is 28.9 Å². The second kappa shape index (κ2) is 8.83. The number of ether oxygens (including phenoxy) is 1. The Kier molecular flexibility index (Phi) is 6.25. The molecule has 0 aliphatic rings. The molecule has 0 saturated carbocycles. The van der Waals surface area contributed by atoms with Gasteiger partial charge in [-0.05, 0) is 47.7 Å². The van der Waals surface area contributed by atoms with Crippen LogP contribution in [-0.4, -0.2) is 38.5 Å². The van der Waals surface area contributed by atoms with Crippen molar-refractivity contribution in [3.63, 3.8) is 0 Å². The third-order valence-electron chi connectivity index (χ3n) is 3.37. The normalized spacial score (nSPS) is 10.6. The van der Waals surface area contributed by atoms with Crippen LogP contribution in [0.1, 0.15) is 6.92 Å². The molecule has 7 nitrogen and oxygen atoms in total. The van der Waals surface area contributed by atoms with Crippen molar-refractivity contribution in [2.75, 3.05) is 17.7 Å². The fraction of sp³-hybridized carbons (Fsp3) is 0.176. The summed E-state index contributed by atoms with van der Waals surface area (Å²) in [7, 11) is 0. The second-order valence-electron chi connectivity index (χ2n) is 5.24. The number of benzene rings is 2. The number of tetrazole rings is 1. The predicted octanol–water partition coefficient (Wildman–Crippen LogP) is 3.58. The number of amides is 1. The third kappa shape index (κ3) is 4.75. The first kappa shape index (κ1) is 19.1. The minimum absolute atomic E-state index is 0.0584. The SMILES string of the molecule is CCOc1ccccc1-n1nnnc1SCC(=O)Nc1ccc(F)c(Cl)c1. The van der Waals surface area contributed by atoms with E-state index in [1.807, 2.05) is 31.2 Å². The molecule has 0 aliphatic carbocycles. The van der Waals surface area contributed by atoms with Gasteiger partial charge in [-0.25, -0.2) is 4.39 Å². The van der Waals surface area contributed by atoms with Gasteiger partial charge in [0.2, 0.25) is 11.1 Å². The average Bonchev–Trinajstić information content (AvgIpc) is 3.12. The van der Waals surface area contributed by atoms with Gasteiger partial charge in [0.1, 0.15) is 17.3 Å². The molecule has 3 rings (SSSR count). The molecule has 0 saturated heterocycles. The molecule has 1 amide bonds.